The van der Waals surface area contributed by atoms with Crippen molar-refractivity contribution in [3.63, 3.8) is 0 Å². The van der Waals surface area contributed by atoms with Gasteiger partial charge in [0, 0.05) is 18.4 Å². The van der Waals surface area contributed by atoms with Crippen LogP contribution in [0.1, 0.15) is 36.8 Å². The molecule has 0 spiro atoms. The third kappa shape index (κ3) is 3.11. The van der Waals surface area contributed by atoms with Gasteiger partial charge >= 0.3 is 0 Å². The van der Waals surface area contributed by atoms with Crippen molar-refractivity contribution in [1.29, 1.82) is 0 Å². The van der Waals surface area contributed by atoms with E-state index < -0.39 is 0 Å². The van der Waals surface area contributed by atoms with Gasteiger partial charge in [0.2, 0.25) is 0 Å². The molecule has 0 fully saturated rings. The zero-order valence-corrected chi connectivity index (χ0v) is 10.8. The Bertz CT molecular complexity index is 505. The summed E-state index contributed by atoms with van der Waals surface area (Å²) in [7, 11) is 0. The number of nitrogens with two attached hydrogens (primary N) is 1. The fourth-order valence-corrected chi connectivity index (χ4v) is 1.70. The quantitative estimate of drug-likeness (QED) is 0.851. The van der Waals surface area contributed by atoms with Crippen molar-refractivity contribution in [3.8, 4) is 5.75 Å². The highest BCUT2D eigenvalue weighted by Gasteiger charge is 2.03. The summed E-state index contributed by atoms with van der Waals surface area (Å²) in [6.07, 6.45) is 1.74. The first kappa shape index (κ1) is 12.6. The number of aromatic nitrogens is 2. The van der Waals surface area contributed by atoms with Crippen LogP contribution in [0.5, 0.6) is 5.75 Å². The minimum absolute atomic E-state index is 0.432. The smallest absolute Gasteiger partial charge is 0.146 e. The number of benzene rings is 1. The van der Waals surface area contributed by atoms with Crippen molar-refractivity contribution in [2.45, 2.75) is 32.9 Å². The van der Waals surface area contributed by atoms with Gasteiger partial charge in [-0.25, -0.2) is 4.98 Å². The fourth-order valence-electron chi connectivity index (χ4n) is 1.70. The molecule has 0 saturated heterocycles. The van der Waals surface area contributed by atoms with Crippen LogP contribution in [0.15, 0.2) is 30.5 Å². The number of nitrogens with zero attached hydrogens (tertiary/aromatic N) is 1. The Morgan fingerprint density at radius 2 is 2.22 bits per heavy atom. The summed E-state index contributed by atoms with van der Waals surface area (Å²) in [6.45, 7) is 5.23. The molecule has 0 saturated carbocycles. The van der Waals surface area contributed by atoms with Crippen LogP contribution in [-0.2, 0) is 13.2 Å². The normalized spacial score (nSPS) is 10.9. The topological polar surface area (TPSA) is 63.9 Å². The van der Waals surface area contributed by atoms with Crippen LogP contribution in [0.3, 0.4) is 0 Å². The van der Waals surface area contributed by atoms with Crippen molar-refractivity contribution in [3.05, 3.63) is 47.5 Å². The summed E-state index contributed by atoms with van der Waals surface area (Å²) in [5.74, 6) is 2.17. The molecule has 4 nitrogen and oxygen atoms in total. The number of rotatable bonds is 5. The highest BCUT2D eigenvalue weighted by Crippen LogP contribution is 2.20. The molecule has 0 aliphatic carbocycles. The summed E-state index contributed by atoms with van der Waals surface area (Å²) < 4.78 is 5.71. The number of hydrogen-bond donors (Lipinski definition) is 2. The Labute approximate surface area is 107 Å². The highest BCUT2D eigenvalue weighted by atomic mass is 16.5. The molecule has 2 aromatic rings. The molecule has 4 heteroatoms. The zero-order valence-electron chi connectivity index (χ0n) is 10.8. The Morgan fingerprint density at radius 3 is 2.89 bits per heavy atom. The number of aromatic amines is 1. The molecule has 0 atom stereocenters. The van der Waals surface area contributed by atoms with Gasteiger partial charge in [-0.05, 0) is 23.6 Å². The van der Waals surface area contributed by atoms with Crippen molar-refractivity contribution in [1.82, 2.24) is 9.97 Å². The minimum Gasteiger partial charge on any atom is -0.486 e. The average Bonchev–Trinajstić information content (AvgIpc) is 2.84. The van der Waals surface area contributed by atoms with E-state index in [9.17, 15) is 0 Å². The summed E-state index contributed by atoms with van der Waals surface area (Å²) in [5, 5.41) is 0. The number of ether oxygens (including phenoxy) is 1. The molecule has 18 heavy (non-hydrogen) atoms. The van der Waals surface area contributed by atoms with E-state index in [4.69, 9.17) is 10.5 Å². The van der Waals surface area contributed by atoms with Crippen LogP contribution in [0.25, 0.3) is 0 Å². The lowest BCUT2D eigenvalue weighted by Crippen LogP contribution is -2.00. The number of H-pyrrole nitrogens is 1. The SMILES string of the molecule is CC(C)c1cccc(OCc2ncc(CN)[nH]2)c1. The molecular weight excluding hydrogens is 226 g/mol. The van der Waals surface area contributed by atoms with Crippen molar-refractivity contribution >= 4 is 0 Å². The number of nitrogens with one attached hydrogen (secondary N) is 1. The zero-order chi connectivity index (χ0) is 13.0. The standard InChI is InChI=1S/C14H19N3O/c1-10(2)11-4-3-5-13(6-11)18-9-14-16-8-12(7-15)17-14/h3-6,8,10H,7,9,15H2,1-2H3,(H,16,17). The molecule has 0 radical (unpaired) electrons. The van der Waals surface area contributed by atoms with E-state index in [2.05, 4.69) is 35.9 Å². The Hall–Kier alpha value is -1.81. The molecule has 0 unspecified atom stereocenters. The predicted octanol–water partition coefficient (Wildman–Crippen LogP) is 2.57. The van der Waals surface area contributed by atoms with E-state index in [1.54, 1.807) is 6.20 Å². The molecule has 2 rings (SSSR count). The van der Waals surface area contributed by atoms with E-state index in [0.29, 0.717) is 19.1 Å². The molecule has 0 aliphatic heterocycles. The summed E-state index contributed by atoms with van der Waals surface area (Å²) in [4.78, 5) is 7.31. The molecule has 1 heterocycles. The van der Waals surface area contributed by atoms with Gasteiger partial charge < -0.3 is 15.5 Å². The summed E-state index contributed by atoms with van der Waals surface area (Å²) in [5.41, 5.74) is 7.71. The molecule has 96 valence electrons. The first-order valence-corrected chi connectivity index (χ1v) is 6.14. The van der Waals surface area contributed by atoms with Gasteiger partial charge in [-0.3, -0.25) is 0 Å². The van der Waals surface area contributed by atoms with Gasteiger partial charge in [0.25, 0.3) is 0 Å². The van der Waals surface area contributed by atoms with Gasteiger partial charge in [0.15, 0.2) is 0 Å². The maximum absolute atomic E-state index is 5.71. The van der Waals surface area contributed by atoms with Gasteiger partial charge in [-0.15, -0.1) is 0 Å². The lowest BCUT2D eigenvalue weighted by Gasteiger charge is -2.09. The van der Waals surface area contributed by atoms with Crippen LogP contribution in [0.4, 0.5) is 0 Å². The molecular formula is C14H19N3O. The number of imidazole rings is 1. The lowest BCUT2D eigenvalue weighted by atomic mass is 10.0. The van der Waals surface area contributed by atoms with Crippen LogP contribution in [0, 0.1) is 0 Å². The highest BCUT2D eigenvalue weighted by molar-refractivity contribution is 5.30. The molecule has 3 N–H and O–H groups in total. The van der Waals surface area contributed by atoms with E-state index >= 15 is 0 Å². The molecule has 1 aromatic heterocycles. The van der Waals surface area contributed by atoms with E-state index in [-0.39, 0.29) is 0 Å². The van der Waals surface area contributed by atoms with Crippen LogP contribution < -0.4 is 10.5 Å². The second-order valence-corrected chi connectivity index (χ2v) is 4.58. The van der Waals surface area contributed by atoms with E-state index in [1.165, 1.54) is 5.56 Å². The third-order valence-corrected chi connectivity index (χ3v) is 2.80. The molecule has 1 aromatic carbocycles. The van der Waals surface area contributed by atoms with Crippen molar-refractivity contribution < 1.29 is 4.74 Å². The number of hydrogen-bond acceptors (Lipinski definition) is 3. The van der Waals surface area contributed by atoms with Gasteiger partial charge in [-0.1, -0.05) is 26.0 Å². The van der Waals surface area contributed by atoms with E-state index in [1.807, 2.05) is 12.1 Å². The third-order valence-electron chi connectivity index (χ3n) is 2.80. The maximum Gasteiger partial charge on any atom is 0.146 e. The largest absolute Gasteiger partial charge is 0.486 e. The maximum atomic E-state index is 5.71. The second-order valence-electron chi connectivity index (χ2n) is 4.58. The van der Waals surface area contributed by atoms with Gasteiger partial charge in [-0.2, -0.15) is 0 Å². The second kappa shape index (κ2) is 5.69. The summed E-state index contributed by atoms with van der Waals surface area (Å²) in [6, 6.07) is 8.14. The minimum atomic E-state index is 0.432. The Morgan fingerprint density at radius 1 is 1.39 bits per heavy atom. The molecule has 0 bridgehead atoms. The van der Waals surface area contributed by atoms with E-state index in [0.717, 1.165) is 17.3 Å². The van der Waals surface area contributed by atoms with Crippen molar-refractivity contribution in [2.24, 2.45) is 5.73 Å². The Balaban J connectivity index is 1.99. The molecule has 0 aliphatic rings. The first-order chi connectivity index (χ1) is 8.69. The molecule has 0 amide bonds. The van der Waals surface area contributed by atoms with Gasteiger partial charge in [0.05, 0.1) is 0 Å². The van der Waals surface area contributed by atoms with Crippen molar-refractivity contribution in [2.75, 3.05) is 0 Å². The van der Waals surface area contributed by atoms with Crippen LogP contribution in [-0.4, -0.2) is 9.97 Å². The summed E-state index contributed by atoms with van der Waals surface area (Å²) >= 11 is 0. The fraction of sp³-hybridized carbons (Fsp3) is 0.357. The predicted molar refractivity (Wildman–Crippen MR) is 71.3 cm³/mol. The van der Waals surface area contributed by atoms with Crippen LogP contribution in [0.2, 0.25) is 0 Å². The average molecular weight is 245 g/mol. The van der Waals surface area contributed by atoms with Gasteiger partial charge in [0.1, 0.15) is 18.2 Å². The van der Waals surface area contributed by atoms with Crippen LogP contribution >= 0.6 is 0 Å². The monoisotopic (exact) mass is 245 g/mol. The Kier molecular flexibility index (Phi) is 3.99. The first-order valence-electron chi connectivity index (χ1n) is 6.14. The lowest BCUT2D eigenvalue weighted by molar-refractivity contribution is 0.296.